The second-order valence-electron chi connectivity index (χ2n) is 4.42. The first kappa shape index (κ1) is 15.5. The number of amides is 1. The van der Waals surface area contributed by atoms with Crippen molar-refractivity contribution < 1.29 is 14.7 Å². The van der Waals surface area contributed by atoms with Crippen LogP contribution in [0.25, 0.3) is 6.08 Å². The topological polar surface area (TPSA) is 90.2 Å². The van der Waals surface area contributed by atoms with E-state index >= 15 is 0 Å². The summed E-state index contributed by atoms with van der Waals surface area (Å²) in [6.07, 6.45) is 1.48. The van der Waals surface area contributed by atoms with Crippen molar-refractivity contribution in [3.05, 3.63) is 57.3 Å². The van der Waals surface area contributed by atoms with E-state index in [-0.39, 0.29) is 16.8 Å². The van der Waals surface area contributed by atoms with E-state index in [2.05, 4.69) is 5.32 Å². The molecule has 1 amide bonds. The molecule has 5 nitrogen and oxygen atoms in total. The van der Waals surface area contributed by atoms with E-state index in [0.29, 0.717) is 0 Å². The molecular formula is C16H12N2O3S. The summed E-state index contributed by atoms with van der Waals surface area (Å²) < 4.78 is 0. The Morgan fingerprint density at radius 3 is 2.59 bits per heavy atom. The lowest BCUT2D eigenvalue weighted by molar-refractivity contribution is -0.112. The lowest BCUT2D eigenvalue weighted by Crippen LogP contribution is -2.15. The Morgan fingerprint density at radius 2 is 2.00 bits per heavy atom. The first-order chi connectivity index (χ1) is 10.5. The Morgan fingerprint density at radius 1 is 1.27 bits per heavy atom. The number of benzene rings is 1. The minimum absolute atomic E-state index is 0.0277. The zero-order valence-electron chi connectivity index (χ0n) is 11.7. The number of hydrogen-bond acceptors (Lipinski definition) is 4. The summed E-state index contributed by atoms with van der Waals surface area (Å²) in [6, 6.07) is 11.6. The quantitative estimate of drug-likeness (QED) is 0.669. The highest BCUT2D eigenvalue weighted by Gasteiger charge is 2.14. The number of carboxylic acids is 1. The minimum atomic E-state index is -1.15. The van der Waals surface area contributed by atoms with Gasteiger partial charge in [-0.2, -0.15) is 5.26 Å². The van der Waals surface area contributed by atoms with E-state index in [1.54, 1.807) is 12.1 Å². The molecule has 1 aromatic carbocycles. The molecule has 0 bridgehead atoms. The Balaban J connectivity index is 2.26. The molecule has 0 unspecified atom stereocenters. The van der Waals surface area contributed by atoms with Crippen LogP contribution in [-0.2, 0) is 4.79 Å². The lowest BCUT2D eigenvalue weighted by Gasteiger charge is -2.07. The van der Waals surface area contributed by atoms with Gasteiger partial charge >= 0.3 is 5.97 Å². The van der Waals surface area contributed by atoms with Crippen LogP contribution in [0.2, 0.25) is 0 Å². The first-order valence-electron chi connectivity index (χ1n) is 6.33. The third kappa shape index (κ3) is 3.59. The van der Waals surface area contributed by atoms with Gasteiger partial charge in [0.1, 0.15) is 11.6 Å². The number of anilines is 1. The SMILES string of the molecule is Cc1ccc(C=C(C#N)C(=O)Nc2ccccc2C(=O)O)s1. The maximum absolute atomic E-state index is 12.1. The predicted molar refractivity (Wildman–Crippen MR) is 84.7 cm³/mol. The normalized spacial score (nSPS) is 10.8. The van der Waals surface area contributed by atoms with Gasteiger partial charge in [0.05, 0.1) is 11.3 Å². The van der Waals surface area contributed by atoms with Crippen LogP contribution in [0.15, 0.2) is 42.0 Å². The van der Waals surface area contributed by atoms with Crippen LogP contribution in [0.3, 0.4) is 0 Å². The van der Waals surface area contributed by atoms with Crippen molar-refractivity contribution in [3.63, 3.8) is 0 Å². The number of nitrogens with one attached hydrogen (secondary N) is 1. The molecule has 22 heavy (non-hydrogen) atoms. The molecule has 6 heteroatoms. The fourth-order valence-electron chi connectivity index (χ4n) is 1.79. The van der Waals surface area contributed by atoms with Crippen molar-refractivity contribution >= 4 is 35.0 Å². The number of aryl methyl sites for hydroxylation is 1. The maximum atomic E-state index is 12.1. The van der Waals surface area contributed by atoms with Gasteiger partial charge in [-0.3, -0.25) is 4.79 Å². The Kier molecular flexibility index (Phi) is 4.71. The molecule has 0 fully saturated rings. The highest BCUT2D eigenvalue weighted by atomic mass is 32.1. The van der Waals surface area contributed by atoms with Crippen LogP contribution >= 0.6 is 11.3 Å². The molecule has 0 atom stereocenters. The number of nitrogens with zero attached hydrogens (tertiary/aromatic N) is 1. The third-order valence-corrected chi connectivity index (χ3v) is 3.77. The zero-order chi connectivity index (χ0) is 16.1. The standard InChI is InChI=1S/C16H12N2O3S/c1-10-6-7-12(22-10)8-11(9-17)15(19)18-14-5-3-2-4-13(14)16(20)21/h2-8H,1H3,(H,18,19)(H,20,21). The second kappa shape index (κ2) is 6.70. The predicted octanol–water partition coefficient (Wildman–Crippen LogP) is 3.30. The number of aromatic carboxylic acids is 1. The first-order valence-corrected chi connectivity index (χ1v) is 7.15. The summed E-state index contributed by atoms with van der Waals surface area (Å²) in [6.45, 7) is 1.93. The molecular weight excluding hydrogens is 300 g/mol. The van der Waals surface area contributed by atoms with Gasteiger partial charge in [0.15, 0.2) is 0 Å². The van der Waals surface area contributed by atoms with Crippen molar-refractivity contribution in [2.24, 2.45) is 0 Å². The molecule has 1 aromatic heterocycles. The van der Waals surface area contributed by atoms with E-state index in [0.717, 1.165) is 9.75 Å². The van der Waals surface area contributed by atoms with Crippen LogP contribution < -0.4 is 5.32 Å². The number of thiophene rings is 1. The fraction of sp³-hybridized carbons (Fsp3) is 0.0625. The summed E-state index contributed by atoms with van der Waals surface area (Å²) in [5.41, 5.74) is 0.0469. The van der Waals surface area contributed by atoms with Gasteiger partial charge in [0.25, 0.3) is 5.91 Å². The highest BCUT2D eigenvalue weighted by Crippen LogP contribution is 2.20. The molecule has 1 heterocycles. The van der Waals surface area contributed by atoms with Crippen LogP contribution in [0.1, 0.15) is 20.1 Å². The highest BCUT2D eigenvalue weighted by molar-refractivity contribution is 7.12. The van der Waals surface area contributed by atoms with E-state index in [4.69, 9.17) is 10.4 Å². The number of rotatable bonds is 4. The van der Waals surface area contributed by atoms with Crippen molar-refractivity contribution in [2.45, 2.75) is 6.92 Å². The van der Waals surface area contributed by atoms with Crippen LogP contribution in [0, 0.1) is 18.3 Å². The van der Waals surface area contributed by atoms with E-state index in [1.165, 1.54) is 29.5 Å². The Labute approximate surface area is 131 Å². The van der Waals surface area contributed by atoms with E-state index < -0.39 is 11.9 Å². The molecule has 0 aliphatic carbocycles. The molecule has 0 aliphatic rings. The monoisotopic (exact) mass is 312 g/mol. The van der Waals surface area contributed by atoms with Crippen molar-refractivity contribution in [3.8, 4) is 6.07 Å². The minimum Gasteiger partial charge on any atom is -0.478 e. The lowest BCUT2D eigenvalue weighted by atomic mass is 10.1. The van der Waals surface area contributed by atoms with Gasteiger partial charge in [-0.15, -0.1) is 11.3 Å². The molecule has 2 rings (SSSR count). The number of carbonyl (C=O) groups is 2. The van der Waals surface area contributed by atoms with Gasteiger partial charge in [-0.05, 0) is 37.3 Å². The van der Waals surface area contributed by atoms with Gasteiger partial charge in [0.2, 0.25) is 0 Å². The smallest absolute Gasteiger partial charge is 0.337 e. The molecule has 110 valence electrons. The molecule has 0 saturated heterocycles. The van der Waals surface area contributed by atoms with Gasteiger partial charge in [-0.25, -0.2) is 4.79 Å². The summed E-state index contributed by atoms with van der Waals surface area (Å²) in [5, 5.41) is 20.7. The van der Waals surface area contributed by atoms with Crippen molar-refractivity contribution in [1.29, 1.82) is 5.26 Å². The number of para-hydroxylation sites is 1. The summed E-state index contributed by atoms with van der Waals surface area (Å²) in [4.78, 5) is 25.1. The molecule has 0 spiro atoms. The maximum Gasteiger partial charge on any atom is 0.337 e. The third-order valence-electron chi connectivity index (χ3n) is 2.82. The Bertz CT molecular complexity index is 800. The molecule has 0 aliphatic heterocycles. The summed E-state index contributed by atoms with van der Waals surface area (Å²) in [7, 11) is 0. The van der Waals surface area contributed by atoms with Crippen molar-refractivity contribution in [1.82, 2.24) is 0 Å². The van der Waals surface area contributed by atoms with Crippen molar-refractivity contribution in [2.75, 3.05) is 5.32 Å². The average molecular weight is 312 g/mol. The van der Waals surface area contributed by atoms with Crippen LogP contribution in [0.5, 0.6) is 0 Å². The van der Waals surface area contributed by atoms with E-state index in [1.807, 2.05) is 25.1 Å². The average Bonchev–Trinajstić information content (AvgIpc) is 2.90. The Hall–Kier alpha value is -2.91. The number of carboxylic acid groups (broad SMARTS) is 1. The summed E-state index contributed by atoms with van der Waals surface area (Å²) >= 11 is 1.46. The second-order valence-corrected chi connectivity index (χ2v) is 5.74. The molecule has 2 aromatic rings. The van der Waals surface area contributed by atoms with Crippen LogP contribution in [-0.4, -0.2) is 17.0 Å². The van der Waals surface area contributed by atoms with Gasteiger partial charge in [-0.1, -0.05) is 12.1 Å². The molecule has 2 N–H and O–H groups in total. The zero-order valence-corrected chi connectivity index (χ0v) is 12.5. The number of carbonyl (C=O) groups excluding carboxylic acids is 1. The van der Waals surface area contributed by atoms with Gasteiger partial charge in [0, 0.05) is 9.75 Å². The molecule has 0 saturated carbocycles. The number of hydrogen-bond donors (Lipinski definition) is 2. The largest absolute Gasteiger partial charge is 0.478 e. The fourth-order valence-corrected chi connectivity index (χ4v) is 2.61. The summed E-state index contributed by atoms with van der Waals surface area (Å²) in [5.74, 6) is -1.78. The van der Waals surface area contributed by atoms with E-state index in [9.17, 15) is 9.59 Å². The van der Waals surface area contributed by atoms with Crippen LogP contribution in [0.4, 0.5) is 5.69 Å². The van der Waals surface area contributed by atoms with Gasteiger partial charge < -0.3 is 10.4 Å². The number of nitriles is 1. The molecule has 0 radical (unpaired) electrons.